The minimum absolute atomic E-state index is 0.626. The van der Waals surface area contributed by atoms with Crippen molar-refractivity contribution in [3.05, 3.63) is 11.9 Å². The van der Waals surface area contributed by atoms with Crippen LogP contribution in [0.4, 0.5) is 0 Å². The van der Waals surface area contributed by atoms with Gasteiger partial charge >= 0.3 is 0 Å². The van der Waals surface area contributed by atoms with Crippen LogP contribution in [-0.4, -0.2) is 15.0 Å². The highest BCUT2D eigenvalue weighted by Gasteiger charge is 2.16. The quantitative estimate of drug-likeness (QED) is 0.638. The molecule has 1 aromatic rings. The summed E-state index contributed by atoms with van der Waals surface area (Å²) in [5.41, 5.74) is 1.20. The molecule has 0 spiro atoms. The fourth-order valence-electron chi connectivity index (χ4n) is 1.98. The van der Waals surface area contributed by atoms with Crippen molar-refractivity contribution in [2.45, 2.75) is 45.1 Å². The predicted octanol–water partition coefficient (Wildman–Crippen LogP) is 2.09. The van der Waals surface area contributed by atoms with E-state index < -0.39 is 0 Å². The van der Waals surface area contributed by atoms with E-state index in [4.69, 9.17) is 0 Å². The average molecular weight is 165 g/mol. The average Bonchev–Trinajstić information content (AvgIpc) is 2.53. The number of aromatic nitrogens is 3. The Labute approximate surface area is 72.8 Å². The molecule has 1 aliphatic carbocycles. The number of aryl methyl sites for hydroxylation is 1. The molecule has 1 fully saturated rings. The SMILES string of the molecule is Cc1cnnn1C1CCCCC1. The maximum absolute atomic E-state index is 4.11. The maximum Gasteiger partial charge on any atom is 0.0722 e. The van der Waals surface area contributed by atoms with Gasteiger partial charge in [-0.05, 0) is 19.8 Å². The van der Waals surface area contributed by atoms with Crippen LogP contribution in [0, 0.1) is 6.92 Å². The van der Waals surface area contributed by atoms with Gasteiger partial charge in [0.25, 0.3) is 0 Å². The lowest BCUT2D eigenvalue weighted by atomic mass is 9.95. The standard InChI is InChI=1S/C9H15N3/c1-8-7-10-11-12(8)9-5-3-2-4-6-9/h7,9H,2-6H2,1H3. The highest BCUT2D eigenvalue weighted by molar-refractivity contribution is 4.91. The molecular weight excluding hydrogens is 150 g/mol. The van der Waals surface area contributed by atoms with E-state index in [9.17, 15) is 0 Å². The van der Waals surface area contributed by atoms with E-state index in [-0.39, 0.29) is 0 Å². The number of hydrogen-bond acceptors (Lipinski definition) is 2. The molecule has 0 aliphatic heterocycles. The van der Waals surface area contributed by atoms with Crippen LogP contribution in [-0.2, 0) is 0 Å². The summed E-state index contributed by atoms with van der Waals surface area (Å²) < 4.78 is 2.08. The molecule has 1 saturated carbocycles. The molecule has 0 amide bonds. The molecule has 1 heterocycles. The normalized spacial score (nSPS) is 19.8. The van der Waals surface area contributed by atoms with Crippen LogP contribution in [0.3, 0.4) is 0 Å². The summed E-state index contributed by atoms with van der Waals surface area (Å²) in [6, 6.07) is 0.626. The van der Waals surface area contributed by atoms with Crippen LogP contribution in [0.15, 0.2) is 6.20 Å². The maximum atomic E-state index is 4.11. The minimum Gasteiger partial charge on any atom is -0.247 e. The van der Waals surface area contributed by atoms with Gasteiger partial charge in [0.05, 0.1) is 17.9 Å². The Kier molecular flexibility index (Phi) is 2.11. The van der Waals surface area contributed by atoms with Crippen LogP contribution in [0.2, 0.25) is 0 Å². The van der Waals surface area contributed by atoms with E-state index in [1.165, 1.54) is 37.8 Å². The van der Waals surface area contributed by atoms with Gasteiger partial charge in [0.2, 0.25) is 0 Å². The van der Waals surface area contributed by atoms with Crippen molar-refractivity contribution in [1.82, 2.24) is 15.0 Å². The van der Waals surface area contributed by atoms with Gasteiger partial charge in [-0.3, -0.25) is 0 Å². The van der Waals surface area contributed by atoms with Gasteiger partial charge in [0.15, 0.2) is 0 Å². The zero-order chi connectivity index (χ0) is 8.39. The molecule has 0 N–H and O–H groups in total. The molecule has 0 bridgehead atoms. The summed E-state index contributed by atoms with van der Waals surface area (Å²) >= 11 is 0. The third-order valence-corrected chi connectivity index (χ3v) is 2.67. The van der Waals surface area contributed by atoms with Crippen molar-refractivity contribution in [1.29, 1.82) is 0 Å². The molecule has 66 valence electrons. The molecular formula is C9H15N3. The Morgan fingerprint density at radius 2 is 2.08 bits per heavy atom. The zero-order valence-electron chi connectivity index (χ0n) is 7.53. The fraction of sp³-hybridized carbons (Fsp3) is 0.778. The largest absolute Gasteiger partial charge is 0.247 e. The van der Waals surface area contributed by atoms with E-state index in [0.29, 0.717) is 6.04 Å². The van der Waals surface area contributed by atoms with E-state index in [2.05, 4.69) is 21.9 Å². The topological polar surface area (TPSA) is 30.7 Å². The Morgan fingerprint density at radius 1 is 1.33 bits per heavy atom. The van der Waals surface area contributed by atoms with Gasteiger partial charge in [0.1, 0.15) is 0 Å². The van der Waals surface area contributed by atoms with Crippen LogP contribution >= 0.6 is 0 Å². The first kappa shape index (κ1) is 7.77. The van der Waals surface area contributed by atoms with E-state index in [1.54, 1.807) is 0 Å². The van der Waals surface area contributed by atoms with Gasteiger partial charge in [-0.1, -0.05) is 24.5 Å². The summed E-state index contributed by atoms with van der Waals surface area (Å²) in [4.78, 5) is 0. The van der Waals surface area contributed by atoms with Crippen LogP contribution in [0.5, 0.6) is 0 Å². The van der Waals surface area contributed by atoms with E-state index >= 15 is 0 Å². The molecule has 12 heavy (non-hydrogen) atoms. The first-order valence-corrected chi connectivity index (χ1v) is 4.75. The first-order chi connectivity index (χ1) is 5.88. The number of rotatable bonds is 1. The van der Waals surface area contributed by atoms with Gasteiger partial charge in [-0.25, -0.2) is 4.68 Å². The third-order valence-electron chi connectivity index (χ3n) is 2.67. The second-order valence-corrected chi connectivity index (χ2v) is 3.61. The minimum atomic E-state index is 0.626. The third kappa shape index (κ3) is 1.36. The van der Waals surface area contributed by atoms with Crippen LogP contribution < -0.4 is 0 Å². The van der Waals surface area contributed by atoms with E-state index in [1.807, 2.05) is 6.20 Å². The summed E-state index contributed by atoms with van der Waals surface area (Å²) in [5.74, 6) is 0. The Bertz CT molecular complexity index is 248. The lowest BCUT2D eigenvalue weighted by Crippen LogP contribution is -2.15. The molecule has 0 unspecified atom stereocenters. The monoisotopic (exact) mass is 165 g/mol. The number of hydrogen-bond donors (Lipinski definition) is 0. The summed E-state index contributed by atoms with van der Waals surface area (Å²) in [6.45, 7) is 2.08. The molecule has 1 aromatic heterocycles. The van der Waals surface area contributed by atoms with Gasteiger partial charge in [-0.15, -0.1) is 5.10 Å². The van der Waals surface area contributed by atoms with Gasteiger partial charge in [-0.2, -0.15) is 0 Å². The van der Waals surface area contributed by atoms with Crippen molar-refractivity contribution in [3.63, 3.8) is 0 Å². The van der Waals surface area contributed by atoms with E-state index in [0.717, 1.165) is 0 Å². The second kappa shape index (κ2) is 3.25. The van der Waals surface area contributed by atoms with Crippen LogP contribution in [0.25, 0.3) is 0 Å². The zero-order valence-corrected chi connectivity index (χ0v) is 7.53. The van der Waals surface area contributed by atoms with Crippen molar-refractivity contribution >= 4 is 0 Å². The molecule has 0 saturated heterocycles. The molecule has 3 nitrogen and oxygen atoms in total. The highest BCUT2D eigenvalue weighted by atomic mass is 15.4. The van der Waals surface area contributed by atoms with Crippen molar-refractivity contribution in [2.75, 3.05) is 0 Å². The Morgan fingerprint density at radius 3 is 2.67 bits per heavy atom. The van der Waals surface area contributed by atoms with Gasteiger partial charge in [0, 0.05) is 0 Å². The molecule has 1 aliphatic rings. The van der Waals surface area contributed by atoms with Gasteiger partial charge < -0.3 is 0 Å². The van der Waals surface area contributed by atoms with Crippen molar-refractivity contribution in [2.24, 2.45) is 0 Å². The predicted molar refractivity (Wildman–Crippen MR) is 46.9 cm³/mol. The summed E-state index contributed by atoms with van der Waals surface area (Å²) in [5, 5.41) is 8.02. The lowest BCUT2D eigenvalue weighted by molar-refractivity contribution is 0.320. The molecule has 0 aromatic carbocycles. The second-order valence-electron chi connectivity index (χ2n) is 3.61. The molecule has 0 radical (unpaired) electrons. The van der Waals surface area contributed by atoms with Crippen molar-refractivity contribution < 1.29 is 0 Å². The molecule has 3 heteroatoms. The van der Waals surface area contributed by atoms with Crippen molar-refractivity contribution in [3.8, 4) is 0 Å². The highest BCUT2D eigenvalue weighted by Crippen LogP contribution is 2.27. The summed E-state index contributed by atoms with van der Waals surface area (Å²) in [7, 11) is 0. The number of nitrogens with zero attached hydrogens (tertiary/aromatic N) is 3. The Balaban J connectivity index is 2.13. The molecule has 2 rings (SSSR count). The fourth-order valence-corrected chi connectivity index (χ4v) is 1.98. The van der Waals surface area contributed by atoms with Crippen LogP contribution in [0.1, 0.15) is 43.8 Å². The molecule has 0 atom stereocenters. The lowest BCUT2D eigenvalue weighted by Gasteiger charge is -2.22. The smallest absolute Gasteiger partial charge is 0.0722 e. The Hall–Kier alpha value is -0.860. The summed E-state index contributed by atoms with van der Waals surface area (Å²) in [6.07, 6.45) is 8.50. The first-order valence-electron chi connectivity index (χ1n) is 4.75.